The van der Waals surface area contributed by atoms with Gasteiger partial charge in [-0.15, -0.1) is 0 Å². The normalized spacial score (nSPS) is 12.5. The molecule has 0 bridgehead atoms. The SMILES string of the molecule is Cc1ccc(C(N)=S)c(NCC(C)C(C)C)c1. The van der Waals surface area contributed by atoms with Crippen LogP contribution in [0.1, 0.15) is 31.9 Å². The van der Waals surface area contributed by atoms with Gasteiger partial charge in [0, 0.05) is 17.8 Å². The Hall–Kier alpha value is -1.09. The van der Waals surface area contributed by atoms with E-state index in [-0.39, 0.29) is 0 Å². The van der Waals surface area contributed by atoms with Gasteiger partial charge in [0.05, 0.1) is 0 Å². The molecule has 17 heavy (non-hydrogen) atoms. The van der Waals surface area contributed by atoms with Crippen LogP contribution < -0.4 is 11.1 Å². The van der Waals surface area contributed by atoms with Crippen LogP contribution in [0.3, 0.4) is 0 Å². The number of thiocarbonyl (C=S) groups is 1. The highest BCUT2D eigenvalue weighted by atomic mass is 32.1. The fourth-order valence-corrected chi connectivity index (χ4v) is 1.70. The molecule has 3 heteroatoms. The van der Waals surface area contributed by atoms with Crippen molar-refractivity contribution >= 4 is 22.9 Å². The Kier molecular flexibility index (Phi) is 4.94. The van der Waals surface area contributed by atoms with Crippen molar-refractivity contribution in [1.29, 1.82) is 0 Å². The number of nitrogens with one attached hydrogen (secondary N) is 1. The number of rotatable bonds is 5. The first-order chi connectivity index (χ1) is 7.91. The fourth-order valence-electron chi connectivity index (χ4n) is 1.53. The molecule has 0 radical (unpaired) electrons. The van der Waals surface area contributed by atoms with E-state index in [1.807, 2.05) is 12.1 Å². The summed E-state index contributed by atoms with van der Waals surface area (Å²) in [6, 6.07) is 6.12. The van der Waals surface area contributed by atoms with Crippen LogP contribution >= 0.6 is 12.2 Å². The molecule has 0 aliphatic carbocycles. The predicted octanol–water partition coefficient (Wildman–Crippen LogP) is 3.33. The van der Waals surface area contributed by atoms with Gasteiger partial charge in [-0.25, -0.2) is 0 Å². The second kappa shape index (κ2) is 6.01. The lowest BCUT2D eigenvalue weighted by Crippen LogP contribution is -2.19. The van der Waals surface area contributed by atoms with Gasteiger partial charge in [-0.2, -0.15) is 0 Å². The van der Waals surface area contributed by atoms with Crippen LogP contribution in [0.2, 0.25) is 0 Å². The summed E-state index contributed by atoms with van der Waals surface area (Å²) in [4.78, 5) is 0.449. The number of nitrogens with two attached hydrogens (primary N) is 1. The lowest BCUT2D eigenvalue weighted by atomic mass is 9.98. The molecular formula is C14H22N2S. The standard InChI is InChI=1S/C14H22N2S/c1-9(2)11(4)8-16-13-7-10(3)5-6-12(13)14(15)17/h5-7,9,11,16H,8H2,1-4H3,(H2,15,17). The number of aryl methyl sites for hydroxylation is 1. The number of benzene rings is 1. The van der Waals surface area contributed by atoms with E-state index in [0.29, 0.717) is 16.8 Å². The molecule has 1 rings (SSSR count). The van der Waals surface area contributed by atoms with E-state index >= 15 is 0 Å². The second-order valence-corrected chi connectivity index (χ2v) is 5.46. The van der Waals surface area contributed by atoms with E-state index in [9.17, 15) is 0 Å². The Balaban J connectivity index is 2.82. The van der Waals surface area contributed by atoms with Crippen LogP contribution in [0, 0.1) is 18.8 Å². The van der Waals surface area contributed by atoms with E-state index in [2.05, 4.69) is 39.1 Å². The van der Waals surface area contributed by atoms with Gasteiger partial charge in [-0.1, -0.05) is 39.1 Å². The van der Waals surface area contributed by atoms with Gasteiger partial charge in [-0.05, 0) is 36.5 Å². The second-order valence-electron chi connectivity index (χ2n) is 5.02. The average Bonchev–Trinajstić information content (AvgIpc) is 2.25. The average molecular weight is 250 g/mol. The van der Waals surface area contributed by atoms with E-state index in [4.69, 9.17) is 18.0 Å². The van der Waals surface area contributed by atoms with Crippen LogP contribution in [0.15, 0.2) is 18.2 Å². The van der Waals surface area contributed by atoms with Crippen LogP contribution in [-0.4, -0.2) is 11.5 Å². The number of anilines is 1. The monoisotopic (exact) mass is 250 g/mol. The molecule has 0 amide bonds. The van der Waals surface area contributed by atoms with Gasteiger partial charge < -0.3 is 11.1 Å². The summed E-state index contributed by atoms with van der Waals surface area (Å²) in [6.07, 6.45) is 0. The molecule has 1 aromatic carbocycles. The Morgan fingerprint density at radius 3 is 2.53 bits per heavy atom. The molecule has 0 aromatic heterocycles. The summed E-state index contributed by atoms with van der Waals surface area (Å²) in [5, 5.41) is 3.45. The first-order valence-electron chi connectivity index (χ1n) is 6.06. The van der Waals surface area contributed by atoms with E-state index in [1.165, 1.54) is 5.56 Å². The third-order valence-corrected chi connectivity index (χ3v) is 3.41. The van der Waals surface area contributed by atoms with Crippen molar-refractivity contribution in [3.8, 4) is 0 Å². The maximum atomic E-state index is 5.72. The highest BCUT2D eigenvalue weighted by Crippen LogP contribution is 2.19. The largest absolute Gasteiger partial charge is 0.389 e. The minimum Gasteiger partial charge on any atom is -0.389 e. The van der Waals surface area contributed by atoms with E-state index in [1.54, 1.807) is 0 Å². The Morgan fingerprint density at radius 2 is 2.00 bits per heavy atom. The number of hydrogen-bond acceptors (Lipinski definition) is 2. The molecule has 0 aliphatic heterocycles. The molecule has 3 N–H and O–H groups in total. The van der Waals surface area contributed by atoms with Crippen molar-refractivity contribution in [3.63, 3.8) is 0 Å². The van der Waals surface area contributed by atoms with Crippen molar-refractivity contribution in [3.05, 3.63) is 29.3 Å². The summed E-state index contributed by atoms with van der Waals surface area (Å²) in [7, 11) is 0. The van der Waals surface area contributed by atoms with Crippen molar-refractivity contribution in [1.82, 2.24) is 0 Å². The Bertz CT molecular complexity index is 399. The van der Waals surface area contributed by atoms with Gasteiger partial charge in [0.1, 0.15) is 4.99 Å². The summed E-state index contributed by atoms with van der Waals surface area (Å²) >= 11 is 5.06. The topological polar surface area (TPSA) is 38.0 Å². The van der Waals surface area contributed by atoms with Gasteiger partial charge in [-0.3, -0.25) is 0 Å². The molecule has 1 unspecified atom stereocenters. The minimum absolute atomic E-state index is 0.449. The third-order valence-electron chi connectivity index (χ3n) is 3.19. The Labute approximate surface area is 110 Å². The van der Waals surface area contributed by atoms with Crippen LogP contribution in [-0.2, 0) is 0 Å². The predicted molar refractivity (Wildman–Crippen MR) is 79.6 cm³/mol. The lowest BCUT2D eigenvalue weighted by molar-refractivity contribution is 0.440. The summed E-state index contributed by atoms with van der Waals surface area (Å²) in [5.41, 5.74) is 8.91. The van der Waals surface area contributed by atoms with Gasteiger partial charge >= 0.3 is 0 Å². The molecule has 94 valence electrons. The van der Waals surface area contributed by atoms with Crippen LogP contribution in [0.5, 0.6) is 0 Å². The molecule has 0 spiro atoms. The highest BCUT2D eigenvalue weighted by molar-refractivity contribution is 7.80. The molecule has 1 atom stereocenters. The van der Waals surface area contributed by atoms with E-state index in [0.717, 1.165) is 17.8 Å². The van der Waals surface area contributed by atoms with Crippen molar-refractivity contribution in [2.75, 3.05) is 11.9 Å². The summed E-state index contributed by atoms with van der Waals surface area (Å²) in [6.45, 7) is 9.72. The fraction of sp³-hybridized carbons (Fsp3) is 0.500. The van der Waals surface area contributed by atoms with Crippen LogP contribution in [0.4, 0.5) is 5.69 Å². The van der Waals surface area contributed by atoms with E-state index < -0.39 is 0 Å². The highest BCUT2D eigenvalue weighted by Gasteiger charge is 2.09. The van der Waals surface area contributed by atoms with Gasteiger partial charge in [0.2, 0.25) is 0 Å². The zero-order valence-corrected chi connectivity index (χ0v) is 11.9. The zero-order chi connectivity index (χ0) is 13.0. The van der Waals surface area contributed by atoms with Crippen LogP contribution in [0.25, 0.3) is 0 Å². The summed E-state index contributed by atoms with van der Waals surface area (Å²) in [5.74, 6) is 1.29. The van der Waals surface area contributed by atoms with Gasteiger partial charge in [0.25, 0.3) is 0 Å². The first-order valence-corrected chi connectivity index (χ1v) is 6.47. The van der Waals surface area contributed by atoms with Crippen molar-refractivity contribution in [2.45, 2.75) is 27.7 Å². The Morgan fingerprint density at radius 1 is 1.35 bits per heavy atom. The third kappa shape index (κ3) is 4.00. The van der Waals surface area contributed by atoms with Crippen molar-refractivity contribution < 1.29 is 0 Å². The molecule has 0 saturated carbocycles. The maximum Gasteiger partial charge on any atom is 0.106 e. The number of hydrogen-bond donors (Lipinski definition) is 2. The molecular weight excluding hydrogens is 228 g/mol. The first kappa shape index (κ1) is 14.0. The molecule has 0 heterocycles. The smallest absolute Gasteiger partial charge is 0.106 e. The summed E-state index contributed by atoms with van der Waals surface area (Å²) < 4.78 is 0. The molecule has 2 nitrogen and oxygen atoms in total. The maximum absolute atomic E-state index is 5.72. The van der Waals surface area contributed by atoms with Crippen molar-refractivity contribution in [2.24, 2.45) is 17.6 Å². The minimum atomic E-state index is 0.449. The molecule has 0 saturated heterocycles. The molecule has 0 aliphatic rings. The lowest BCUT2D eigenvalue weighted by Gasteiger charge is -2.19. The zero-order valence-electron chi connectivity index (χ0n) is 11.1. The molecule has 1 aromatic rings. The quantitative estimate of drug-likeness (QED) is 0.787. The molecule has 0 fully saturated rings. The van der Waals surface area contributed by atoms with Gasteiger partial charge in [0.15, 0.2) is 0 Å².